The van der Waals surface area contributed by atoms with Crippen LogP contribution < -0.4 is 5.32 Å². The Bertz CT molecular complexity index is 585. The van der Waals surface area contributed by atoms with E-state index in [2.05, 4.69) is 5.32 Å². The number of non-ortho nitro benzene ring substituents is 1. The zero-order valence-electron chi connectivity index (χ0n) is 11.3. The van der Waals surface area contributed by atoms with E-state index in [0.29, 0.717) is 12.8 Å². The van der Waals surface area contributed by atoms with Gasteiger partial charge in [0.15, 0.2) is 0 Å². The molecule has 1 aromatic rings. The van der Waals surface area contributed by atoms with Crippen LogP contribution in [0.15, 0.2) is 18.2 Å². The number of benzene rings is 1. The molecule has 0 saturated heterocycles. The van der Waals surface area contributed by atoms with E-state index < -0.39 is 16.9 Å². The van der Waals surface area contributed by atoms with Gasteiger partial charge >= 0.3 is 6.03 Å². The number of carbonyl (C=O) groups is 2. The van der Waals surface area contributed by atoms with Gasteiger partial charge in [-0.15, -0.1) is 0 Å². The summed E-state index contributed by atoms with van der Waals surface area (Å²) in [5, 5.41) is 13.0. The van der Waals surface area contributed by atoms with Gasteiger partial charge < -0.3 is 4.90 Å². The summed E-state index contributed by atoms with van der Waals surface area (Å²) in [7, 11) is 1.61. The van der Waals surface area contributed by atoms with Crippen molar-refractivity contribution in [1.82, 2.24) is 10.2 Å². The molecule has 1 atom stereocenters. The topological polar surface area (TPSA) is 92.6 Å². The van der Waals surface area contributed by atoms with Crippen LogP contribution in [-0.4, -0.2) is 34.9 Å². The van der Waals surface area contributed by atoms with Gasteiger partial charge in [-0.2, -0.15) is 0 Å². The number of hydrogen-bond acceptors (Lipinski definition) is 4. The van der Waals surface area contributed by atoms with Gasteiger partial charge in [0, 0.05) is 32.1 Å². The smallest absolute Gasteiger partial charge is 0.324 e. The second kappa shape index (κ2) is 5.28. The number of likely N-dealkylation sites (N-methyl/N-ethyl adjacent to an activating group) is 1. The zero-order valence-corrected chi connectivity index (χ0v) is 11.3. The van der Waals surface area contributed by atoms with E-state index in [1.807, 2.05) is 0 Å². The minimum Gasteiger partial charge on any atom is -0.324 e. The van der Waals surface area contributed by atoms with E-state index in [1.165, 1.54) is 17.9 Å². The van der Waals surface area contributed by atoms with E-state index in [9.17, 15) is 19.7 Å². The largest absolute Gasteiger partial charge is 0.324 e. The third-order valence-electron chi connectivity index (χ3n) is 3.46. The molecular formula is C13H15N3O4. The summed E-state index contributed by atoms with van der Waals surface area (Å²) in [5.74, 6) is -0.409. The number of nitrogens with one attached hydrogen (secondary N) is 1. The van der Waals surface area contributed by atoms with Crippen molar-refractivity contribution in [2.24, 2.45) is 0 Å². The Morgan fingerprint density at radius 3 is 2.60 bits per heavy atom. The van der Waals surface area contributed by atoms with Crippen LogP contribution in [0.2, 0.25) is 0 Å². The lowest BCUT2D eigenvalue weighted by Gasteiger charge is -2.23. The number of hydrogen-bond donors (Lipinski definition) is 1. The molecule has 2 rings (SSSR count). The average molecular weight is 277 g/mol. The van der Waals surface area contributed by atoms with Crippen LogP contribution in [0.3, 0.4) is 0 Å². The molecule has 0 radical (unpaired) electrons. The highest BCUT2D eigenvalue weighted by molar-refractivity contribution is 5.93. The second-order valence-electron chi connectivity index (χ2n) is 4.87. The molecule has 1 N–H and O–H groups in total. The maximum Gasteiger partial charge on any atom is 0.324 e. The summed E-state index contributed by atoms with van der Waals surface area (Å²) in [6.45, 7) is 1.28. The van der Waals surface area contributed by atoms with E-state index in [0.717, 1.165) is 11.1 Å². The molecule has 0 bridgehead atoms. The standard InChI is InChI=1S/C13H15N3O4/c1-8(17)14-13(18)15(2)12-5-9-3-4-11(16(19)20)6-10(9)7-12/h3-4,6,12H,5,7H2,1-2H3,(H,14,17,18). The molecule has 0 spiro atoms. The molecule has 0 fully saturated rings. The summed E-state index contributed by atoms with van der Waals surface area (Å²) < 4.78 is 0. The van der Waals surface area contributed by atoms with Gasteiger partial charge in [-0.25, -0.2) is 4.79 Å². The summed E-state index contributed by atoms with van der Waals surface area (Å²) in [6, 6.07) is 4.20. The Morgan fingerprint density at radius 2 is 2.00 bits per heavy atom. The number of urea groups is 1. The predicted octanol–water partition coefficient (Wildman–Crippen LogP) is 1.25. The molecule has 0 aliphatic heterocycles. The van der Waals surface area contributed by atoms with Crippen LogP contribution >= 0.6 is 0 Å². The van der Waals surface area contributed by atoms with Crippen LogP contribution in [0, 0.1) is 10.1 Å². The molecule has 7 heteroatoms. The first-order valence-electron chi connectivity index (χ1n) is 6.19. The number of fused-ring (bicyclic) bond motifs is 1. The number of imide groups is 1. The summed E-state index contributed by atoms with van der Waals surface area (Å²) in [4.78, 5) is 34.4. The molecule has 20 heavy (non-hydrogen) atoms. The molecule has 106 valence electrons. The predicted molar refractivity (Wildman–Crippen MR) is 71.3 cm³/mol. The number of nitro groups is 1. The van der Waals surface area contributed by atoms with Crippen molar-refractivity contribution >= 4 is 17.6 Å². The van der Waals surface area contributed by atoms with Gasteiger partial charge in [0.2, 0.25) is 5.91 Å². The van der Waals surface area contributed by atoms with Crippen molar-refractivity contribution in [3.8, 4) is 0 Å². The molecular weight excluding hydrogens is 262 g/mol. The van der Waals surface area contributed by atoms with Crippen LogP contribution in [0.1, 0.15) is 18.1 Å². The summed E-state index contributed by atoms with van der Waals surface area (Å²) in [5.41, 5.74) is 1.94. The number of rotatable bonds is 2. The Morgan fingerprint density at radius 1 is 1.35 bits per heavy atom. The number of nitro benzene ring substituents is 1. The van der Waals surface area contributed by atoms with Crippen molar-refractivity contribution in [3.63, 3.8) is 0 Å². The quantitative estimate of drug-likeness (QED) is 0.650. The third kappa shape index (κ3) is 2.76. The van der Waals surface area contributed by atoms with Crippen LogP contribution in [0.25, 0.3) is 0 Å². The van der Waals surface area contributed by atoms with E-state index in [-0.39, 0.29) is 11.7 Å². The first-order chi connectivity index (χ1) is 9.38. The lowest BCUT2D eigenvalue weighted by molar-refractivity contribution is -0.384. The average Bonchev–Trinajstić information content (AvgIpc) is 2.79. The molecule has 1 aromatic carbocycles. The van der Waals surface area contributed by atoms with Gasteiger partial charge in [-0.3, -0.25) is 20.2 Å². The zero-order chi connectivity index (χ0) is 14.9. The molecule has 3 amide bonds. The van der Waals surface area contributed by atoms with Crippen LogP contribution in [0.5, 0.6) is 0 Å². The van der Waals surface area contributed by atoms with Crippen molar-refractivity contribution in [2.45, 2.75) is 25.8 Å². The summed E-state index contributed by atoms with van der Waals surface area (Å²) >= 11 is 0. The molecule has 1 unspecified atom stereocenters. The van der Waals surface area contributed by atoms with Gasteiger partial charge in [-0.05, 0) is 24.0 Å². The van der Waals surface area contributed by atoms with E-state index >= 15 is 0 Å². The molecule has 7 nitrogen and oxygen atoms in total. The van der Waals surface area contributed by atoms with Crippen molar-refractivity contribution in [2.75, 3.05) is 7.05 Å². The molecule has 0 aromatic heterocycles. The Balaban J connectivity index is 2.11. The van der Waals surface area contributed by atoms with Crippen molar-refractivity contribution in [3.05, 3.63) is 39.4 Å². The highest BCUT2D eigenvalue weighted by atomic mass is 16.6. The highest BCUT2D eigenvalue weighted by Gasteiger charge is 2.29. The van der Waals surface area contributed by atoms with E-state index in [1.54, 1.807) is 19.2 Å². The first kappa shape index (κ1) is 14.0. The lowest BCUT2D eigenvalue weighted by Crippen LogP contribution is -2.45. The van der Waals surface area contributed by atoms with E-state index in [4.69, 9.17) is 0 Å². The SMILES string of the molecule is CC(=O)NC(=O)N(C)C1Cc2ccc([N+](=O)[O-])cc2C1. The minimum atomic E-state index is -0.454. The van der Waals surface area contributed by atoms with Gasteiger partial charge in [0.05, 0.1) is 4.92 Å². The Labute approximate surface area is 115 Å². The van der Waals surface area contributed by atoms with Crippen molar-refractivity contribution < 1.29 is 14.5 Å². The lowest BCUT2D eigenvalue weighted by atomic mass is 10.1. The fourth-order valence-electron chi connectivity index (χ4n) is 2.37. The fourth-order valence-corrected chi connectivity index (χ4v) is 2.37. The molecule has 1 aliphatic carbocycles. The van der Waals surface area contributed by atoms with Gasteiger partial charge in [0.1, 0.15) is 0 Å². The molecule has 0 heterocycles. The van der Waals surface area contributed by atoms with Gasteiger partial charge in [-0.1, -0.05) is 6.07 Å². The molecule has 1 aliphatic rings. The Hall–Kier alpha value is -2.44. The number of nitrogens with zero attached hydrogens (tertiary/aromatic N) is 2. The second-order valence-corrected chi connectivity index (χ2v) is 4.87. The van der Waals surface area contributed by atoms with Gasteiger partial charge in [0.25, 0.3) is 5.69 Å². The minimum absolute atomic E-state index is 0.0558. The Kier molecular flexibility index (Phi) is 3.69. The van der Waals surface area contributed by atoms with Crippen LogP contribution in [-0.2, 0) is 17.6 Å². The normalized spacial score (nSPS) is 16.4. The molecule has 0 saturated carbocycles. The maximum absolute atomic E-state index is 11.8. The van der Waals surface area contributed by atoms with Crippen LogP contribution in [0.4, 0.5) is 10.5 Å². The third-order valence-corrected chi connectivity index (χ3v) is 3.46. The monoisotopic (exact) mass is 277 g/mol. The highest BCUT2D eigenvalue weighted by Crippen LogP contribution is 2.28. The number of carbonyl (C=O) groups excluding carboxylic acids is 2. The van der Waals surface area contributed by atoms with Crippen molar-refractivity contribution in [1.29, 1.82) is 0 Å². The maximum atomic E-state index is 11.8. The fraction of sp³-hybridized carbons (Fsp3) is 0.385. The summed E-state index contributed by atoms with van der Waals surface area (Å²) in [6.07, 6.45) is 1.19. The first-order valence-corrected chi connectivity index (χ1v) is 6.19. The number of amides is 3.